The highest BCUT2D eigenvalue weighted by Crippen LogP contribution is 2.43. The van der Waals surface area contributed by atoms with Crippen molar-refractivity contribution in [2.45, 2.75) is 71.9 Å². The van der Waals surface area contributed by atoms with Crippen LogP contribution in [-0.4, -0.2) is 18.6 Å². The Labute approximate surface area is 130 Å². The molecule has 1 N–H and O–H groups in total. The van der Waals surface area contributed by atoms with Gasteiger partial charge in [-0.3, -0.25) is 0 Å². The van der Waals surface area contributed by atoms with Crippen LogP contribution in [0.1, 0.15) is 70.9 Å². The van der Waals surface area contributed by atoms with Crippen molar-refractivity contribution < 1.29 is 0 Å². The summed E-state index contributed by atoms with van der Waals surface area (Å²) in [5, 5.41) is 3.51. The Morgan fingerprint density at radius 1 is 1.24 bits per heavy atom. The first-order valence-corrected chi connectivity index (χ1v) is 8.60. The Morgan fingerprint density at radius 2 is 2.00 bits per heavy atom. The Hall–Kier alpha value is -1.02. The largest absolute Gasteiger partial charge is 0.366 e. The summed E-state index contributed by atoms with van der Waals surface area (Å²) in [5.74, 6) is 0.647. The van der Waals surface area contributed by atoms with Gasteiger partial charge in [0.2, 0.25) is 0 Å². The molecular weight excluding hydrogens is 256 g/mol. The van der Waals surface area contributed by atoms with Crippen LogP contribution in [0.15, 0.2) is 18.2 Å². The lowest BCUT2D eigenvalue weighted by molar-refractivity contribution is 0.376. The summed E-state index contributed by atoms with van der Waals surface area (Å²) in [7, 11) is 0. The second kappa shape index (κ2) is 6.83. The number of anilines is 1. The lowest BCUT2D eigenvalue weighted by Crippen LogP contribution is -2.48. The van der Waals surface area contributed by atoms with Crippen LogP contribution in [0, 0.1) is 0 Å². The van der Waals surface area contributed by atoms with Crippen LogP contribution in [0.4, 0.5) is 5.69 Å². The number of rotatable bonds is 6. The molecule has 2 heteroatoms. The molecule has 0 aliphatic carbocycles. The van der Waals surface area contributed by atoms with E-state index in [0.29, 0.717) is 5.92 Å². The van der Waals surface area contributed by atoms with Crippen LogP contribution in [0.5, 0.6) is 0 Å². The highest BCUT2D eigenvalue weighted by Gasteiger charge is 2.35. The number of hydrogen-bond donors (Lipinski definition) is 1. The highest BCUT2D eigenvalue weighted by molar-refractivity contribution is 5.60. The highest BCUT2D eigenvalue weighted by atomic mass is 15.2. The fourth-order valence-corrected chi connectivity index (χ4v) is 3.71. The summed E-state index contributed by atoms with van der Waals surface area (Å²) >= 11 is 0. The second-order valence-corrected chi connectivity index (χ2v) is 7.14. The van der Waals surface area contributed by atoms with Crippen LogP contribution >= 0.6 is 0 Å². The van der Waals surface area contributed by atoms with E-state index in [-0.39, 0.29) is 5.54 Å². The van der Waals surface area contributed by atoms with E-state index < -0.39 is 0 Å². The fraction of sp³-hybridized carbons (Fsp3) is 0.684. The Balaban J connectivity index is 2.27. The molecule has 0 saturated heterocycles. The summed E-state index contributed by atoms with van der Waals surface area (Å²) in [4.78, 5) is 2.62. The number of fused-ring (bicyclic) bond motifs is 1. The zero-order chi connectivity index (χ0) is 15.5. The molecule has 0 bridgehead atoms. The summed E-state index contributed by atoms with van der Waals surface area (Å²) in [6.45, 7) is 14.9. The minimum atomic E-state index is 0.268. The summed E-state index contributed by atoms with van der Waals surface area (Å²) in [5.41, 5.74) is 4.69. The molecule has 1 heterocycles. The van der Waals surface area contributed by atoms with Crippen LogP contribution < -0.4 is 10.2 Å². The van der Waals surface area contributed by atoms with Crippen molar-refractivity contribution in [3.05, 3.63) is 29.3 Å². The number of nitrogens with one attached hydrogen (secondary N) is 1. The molecule has 1 aromatic rings. The van der Waals surface area contributed by atoms with Gasteiger partial charge in [0.05, 0.1) is 0 Å². The van der Waals surface area contributed by atoms with E-state index in [0.717, 1.165) is 19.6 Å². The fourth-order valence-electron chi connectivity index (χ4n) is 3.71. The molecule has 1 aromatic carbocycles. The van der Waals surface area contributed by atoms with Crippen molar-refractivity contribution in [3.63, 3.8) is 0 Å². The summed E-state index contributed by atoms with van der Waals surface area (Å²) in [6.07, 6.45) is 3.64. The average molecular weight is 288 g/mol. The number of benzene rings is 1. The second-order valence-electron chi connectivity index (χ2n) is 7.14. The SMILES string of the molecule is CCCNCc1ccc2c(c1)[C@H](C)CC(C)(C)N2CCC. The molecule has 0 amide bonds. The molecule has 1 atom stereocenters. The molecule has 2 nitrogen and oxygen atoms in total. The predicted octanol–water partition coefficient (Wildman–Crippen LogP) is 4.69. The van der Waals surface area contributed by atoms with Gasteiger partial charge in [-0.25, -0.2) is 0 Å². The Kier molecular flexibility index (Phi) is 5.32. The van der Waals surface area contributed by atoms with Crippen molar-refractivity contribution in [3.8, 4) is 0 Å². The lowest BCUT2D eigenvalue weighted by atomic mass is 9.79. The first kappa shape index (κ1) is 16.4. The Bertz CT molecular complexity index is 465. The number of nitrogens with zero attached hydrogens (tertiary/aromatic N) is 1. The van der Waals surface area contributed by atoms with E-state index in [2.05, 4.69) is 63.0 Å². The van der Waals surface area contributed by atoms with Crippen molar-refractivity contribution in [2.24, 2.45) is 0 Å². The molecule has 0 spiro atoms. The van der Waals surface area contributed by atoms with Crippen molar-refractivity contribution in [1.29, 1.82) is 0 Å². The van der Waals surface area contributed by atoms with Gasteiger partial charge in [0.25, 0.3) is 0 Å². The average Bonchev–Trinajstić information content (AvgIpc) is 2.43. The van der Waals surface area contributed by atoms with E-state index >= 15 is 0 Å². The minimum absolute atomic E-state index is 0.268. The maximum absolute atomic E-state index is 3.51. The number of hydrogen-bond acceptors (Lipinski definition) is 2. The third-order valence-electron chi connectivity index (χ3n) is 4.65. The quantitative estimate of drug-likeness (QED) is 0.764. The van der Waals surface area contributed by atoms with E-state index in [4.69, 9.17) is 0 Å². The molecule has 0 fully saturated rings. The molecule has 0 saturated carbocycles. The van der Waals surface area contributed by atoms with E-state index in [1.54, 1.807) is 5.56 Å². The minimum Gasteiger partial charge on any atom is -0.366 e. The van der Waals surface area contributed by atoms with Crippen LogP contribution in [0.3, 0.4) is 0 Å². The third kappa shape index (κ3) is 3.60. The van der Waals surface area contributed by atoms with E-state index in [1.165, 1.54) is 30.5 Å². The molecular formula is C19H32N2. The van der Waals surface area contributed by atoms with Crippen LogP contribution in [0.25, 0.3) is 0 Å². The van der Waals surface area contributed by atoms with Gasteiger partial charge in [-0.1, -0.05) is 32.9 Å². The van der Waals surface area contributed by atoms with Crippen LogP contribution in [0.2, 0.25) is 0 Å². The lowest BCUT2D eigenvalue weighted by Gasteiger charge is -2.47. The molecule has 0 unspecified atom stereocenters. The molecule has 1 aliphatic rings. The van der Waals surface area contributed by atoms with Gasteiger partial charge in [0.1, 0.15) is 0 Å². The summed E-state index contributed by atoms with van der Waals surface area (Å²) < 4.78 is 0. The van der Waals surface area contributed by atoms with E-state index in [9.17, 15) is 0 Å². The van der Waals surface area contributed by atoms with Crippen molar-refractivity contribution in [1.82, 2.24) is 5.32 Å². The molecule has 2 rings (SSSR count). The predicted molar refractivity (Wildman–Crippen MR) is 93.2 cm³/mol. The van der Waals surface area contributed by atoms with Crippen molar-refractivity contribution in [2.75, 3.05) is 18.0 Å². The third-order valence-corrected chi connectivity index (χ3v) is 4.65. The van der Waals surface area contributed by atoms with Gasteiger partial charge < -0.3 is 10.2 Å². The van der Waals surface area contributed by atoms with Gasteiger partial charge in [-0.2, -0.15) is 0 Å². The van der Waals surface area contributed by atoms with Crippen LogP contribution in [-0.2, 0) is 6.54 Å². The Morgan fingerprint density at radius 3 is 2.67 bits per heavy atom. The van der Waals surface area contributed by atoms with Gasteiger partial charge in [-0.15, -0.1) is 0 Å². The van der Waals surface area contributed by atoms with Gasteiger partial charge in [0, 0.05) is 24.3 Å². The van der Waals surface area contributed by atoms with Gasteiger partial charge >= 0.3 is 0 Å². The molecule has 118 valence electrons. The molecule has 0 aromatic heterocycles. The first-order chi connectivity index (χ1) is 9.99. The van der Waals surface area contributed by atoms with E-state index in [1.807, 2.05) is 0 Å². The van der Waals surface area contributed by atoms with Gasteiger partial charge in [-0.05, 0) is 62.8 Å². The zero-order valence-corrected chi connectivity index (χ0v) is 14.5. The molecule has 21 heavy (non-hydrogen) atoms. The topological polar surface area (TPSA) is 15.3 Å². The molecule has 1 aliphatic heterocycles. The summed E-state index contributed by atoms with van der Waals surface area (Å²) in [6, 6.07) is 7.09. The standard InChI is InChI=1S/C19H32N2/c1-6-10-20-14-16-8-9-18-17(12-16)15(3)13-19(4,5)21(18)11-7-2/h8-9,12,15,20H,6-7,10-11,13-14H2,1-5H3/t15-/m1/s1. The first-order valence-electron chi connectivity index (χ1n) is 8.60. The monoisotopic (exact) mass is 288 g/mol. The maximum Gasteiger partial charge on any atom is 0.0406 e. The normalized spacial score (nSPS) is 20.4. The smallest absolute Gasteiger partial charge is 0.0406 e. The molecule has 0 radical (unpaired) electrons. The zero-order valence-electron chi connectivity index (χ0n) is 14.5. The maximum atomic E-state index is 3.51. The van der Waals surface area contributed by atoms with Gasteiger partial charge in [0.15, 0.2) is 0 Å². The van der Waals surface area contributed by atoms with Crippen molar-refractivity contribution >= 4 is 5.69 Å².